The number of hydrogen-bond donors (Lipinski definition) is 3. The van der Waals surface area contributed by atoms with Gasteiger partial charge in [-0.1, -0.05) is 41.9 Å². The number of carbonyl (C=O) groups is 4. The van der Waals surface area contributed by atoms with Crippen molar-refractivity contribution in [2.45, 2.75) is 32.2 Å². The normalized spacial score (nSPS) is 11.5. The lowest BCUT2D eigenvalue weighted by molar-refractivity contribution is -0.143. The molecule has 238 valence electrons. The van der Waals surface area contributed by atoms with E-state index in [2.05, 4.69) is 31.5 Å². The van der Waals surface area contributed by atoms with Gasteiger partial charge in [0, 0.05) is 41.7 Å². The van der Waals surface area contributed by atoms with Crippen LogP contribution >= 0.6 is 11.6 Å². The molecule has 0 fully saturated rings. The average molecular weight is 648 g/mol. The van der Waals surface area contributed by atoms with Crippen LogP contribution in [0.3, 0.4) is 0 Å². The summed E-state index contributed by atoms with van der Waals surface area (Å²) in [6.07, 6.45) is 4.78. The lowest BCUT2D eigenvalue weighted by Gasteiger charge is -2.18. The summed E-state index contributed by atoms with van der Waals surface area (Å²) < 4.78 is 21.1. The number of nitrogens with one attached hydrogen (secondary N) is 3. The van der Waals surface area contributed by atoms with E-state index in [0.717, 1.165) is 11.6 Å². The number of aromatic nitrogens is 4. The molecule has 3 N–H and O–H groups in total. The summed E-state index contributed by atoms with van der Waals surface area (Å²) in [7, 11) is 0. The molecule has 4 rings (SSSR count). The van der Waals surface area contributed by atoms with Crippen molar-refractivity contribution in [2.75, 3.05) is 18.5 Å². The van der Waals surface area contributed by atoms with Crippen LogP contribution in [0.2, 0.25) is 5.02 Å². The summed E-state index contributed by atoms with van der Waals surface area (Å²) >= 11 is 6.16. The Labute approximate surface area is 269 Å². The van der Waals surface area contributed by atoms with Crippen molar-refractivity contribution in [3.8, 4) is 5.69 Å². The van der Waals surface area contributed by atoms with Gasteiger partial charge in [-0.25, -0.2) is 4.39 Å². The van der Waals surface area contributed by atoms with Crippen LogP contribution in [-0.4, -0.2) is 63.1 Å². The molecule has 4 aromatic rings. The van der Waals surface area contributed by atoms with Crippen molar-refractivity contribution < 1.29 is 28.3 Å². The van der Waals surface area contributed by atoms with Gasteiger partial charge in [-0.05, 0) is 71.8 Å². The lowest BCUT2D eigenvalue weighted by Crippen LogP contribution is -2.44. The van der Waals surface area contributed by atoms with Gasteiger partial charge in [0.15, 0.2) is 0 Å². The van der Waals surface area contributed by atoms with Crippen LogP contribution < -0.4 is 16.0 Å². The molecule has 1 heterocycles. The highest BCUT2D eigenvalue weighted by Gasteiger charge is 2.22. The van der Waals surface area contributed by atoms with Gasteiger partial charge >= 0.3 is 5.97 Å². The zero-order valence-electron chi connectivity index (χ0n) is 24.8. The fraction of sp³-hybridized carbons (Fsp3) is 0.219. The maximum atomic E-state index is 14.9. The summed E-state index contributed by atoms with van der Waals surface area (Å²) in [5, 5.41) is 19.4. The number of hydrogen-bond acceptors (Lipinski definition) is 8. The van der Waals surface area contributed by atoms with Crippen LogP contribution in [0.5, 0.6) is 0 Å². The van der Waals surface area contributed by atoms with E-state index < -0.39 is 29.6 Å². The molecule has 0 aliphatic carbocycles. The van der Waals surface area contributed by atoms with Gasteiger partial charge in [0.25, 0.3) is 5.91 Å². The number of carbonyl (C=O) groups excluding carboxylic acids is 4. The molecule has 0 bridgehead atoms. The zero-order valence-corrected chi connectivity index (χ0v) is 25.5. The van der Waals surface area contributed by atoms with Crippen LogP contribution in [0.25, 0.3) is 11.8 Å². The van der Waals surface area contributed by atoms with Gasteiger partial charge < -0.3 is 20.7 Å². The molecule has 0 radical (unpaired) electrons. The summed E-state index contributed by atoms with van der Waals surface area (Å²) in [5.74, 6) is -3.06. The Morgan fingerprint density at radius 3 is 2.59 bits per heavy atom. The minimum absolute atomic E-state index is 0.0919. The second-order valence-corrected chi connectivity index (χ2v) is 10.3. The molecule has 0 saturated carbocycles. The standard InChI is InChI=1S/C32H31ClFN7O5/c1-2-46-30(43)9-6-16-35-31(44)25-13-12-24(19-26(25)34)37-32(45)27(17-21-7-4-3-5-8-21)38-29(42)15-10-22-18-23(33)11-14-28(22)41-20-36-39-40-41/h3-5,7-8,10-15,18-20,27H,2,6,9,16-17H2,1H3,(H,35,44)(H,37,45)(H,38,42)/b15-10+/t27-/m0/s1. The summed E-state index contributed by atoms with van der Waals surface area (Å²) in [5.41, 5.74) is 1.78. The van der Waals surface area contributed by atoms with Crippen molar-refractivity contribution >= 4 is 47.1 Å². The van der Waals surface area contributed by atoms with Crippen molar-refractivity contribution in [1.29, 1.82) is 0 Å². The molecule has 14 heteroatoms. The Kier molecular flexibility index (Phi) is 12.1. The Balaban J connectivity index is 1.43. The van der Waals surface area contributed by atoms with E-state index in [9.17, 15) is 23.6 Å². The third kappa shape index (κ3) is 9.79. The molecular formula is C32H31ClFN7O5. The highest BCUT2D eigenvalue weighted by Crippen LogP contribution is 2.20. The first-order valence-electron chi connectivity index (χ1n) is 14.3. The fourth-order valence-corrected chi connectivity index (χ4v) is 4.53. The first-order valence-corrected chi connectivity index (χ1v) is 14.7. The minimum Gasteiger partial charge on any atom is -0.466 e. The quantitative estimate of drug-likeness (QED) is 0.106. The number of amides is 3. The molecule has 1 atom stereocenters. The topological polar surface area (TPSA) is 157 Å². The molecular weight excluding hydrogens is 617 g/mol. The van der Waals surface area contributed by atoms with Crippen LogP contribution in [0, 0.1) is 5.82 Å². The molecule has 0 aliphatic heterocycles. The minimum atomic E-state index is -1.04. The summed E-state index contributed by atoms with van der Waals surface area (Å²) in [4.78, 5) is 50.3. The van der Waals surface area contributed by atoms with E-state index in [1.54, 1.807) is 25.1 Å². The van der Waals surface area contributed by atoms with E-state index in [4.69, 9.17) is 16.3 Å². The van der Waals surface area contributed by atoms with E-state index >= 15 is 0 Å². The van der Waals surface area contributed by atoms with Gasteiger partial charge in [0.05, 0.1) is 17.9 Å². The number of halogens is 2. The van der Waals surface area contributed by atoms with Crippen LogP contribution in [-0.2, 0) is 25.5 Å². The lowest BCUT2D eigenvalue weighted by atomic mass is 10.0. The third-order valence-electron chi connectivity index (χ3n) is 6.55. The van der Waals surface area contributed by atoms with Gasteiger partial charge in [0.1, 0.15) is 18.2 Å². The molecule has 3 aromatic carbocycles. The SMILES string of the molecule is CCOC(=O)CCCNC(=O)c1ccc(NC(=O)[C@H](Cc2ccccc2)NC(=O)/C=C/c2cc(Cl)ccc2-n2cnnn2)cc1F. The van der Waals surface area contributed by atoms with Gasteiger partial charge in [-0.15, -0.1) is 5.10 Å². The molecule has 46 heavy (non-hydrogen) atoms. The Morgan fingerprint density at radius 2 is 1.87 bits per heavy atom. The van der Waals surface area contributed by atoms with Crippen LogP contribution in [0.4, 0.5) is 10.1 Å². The number of nitrogens with zero attached hydrogens (tertiary/aromatic N) is 4. The first-order chi connectivity index (χ1) is 22.2. The van der Waals surface area contributed by atoms with Crippen LogP contribution in [0.1, 0.15) is 41.3 Å². The number of rotatable bonds is 14. The Hall–Kier alpha value is -5.43. The van der Waals surface area contributed by atoms with E-state index in [1.807, 2.05) is 30.3 Å². The highest BCUT2D eigenvalue weighted by molar-refractivity contribution is 6.30. The second kappa shape index (κ2) is 16.6. The average Bonchev–Trinajstić information content (AvgIpc) is 3.57. The molecule has 12 nitrogen and oxygen atoms in total. The van der Waals surface area contributed by atoms with E-state index in [-0.39, 0.29) is 43.2 Å². The number of tetrazole rings is 1. The van der Waals surface area contributed by atoms with Crippen LogP contribution in [0.15, 0.2) is 79.1 Å². The summed E-state index contributed by atoms with van der Waals surface area (Å²) in [6.45, 7) is 2.12. The Bertz CT molecular complexity index is 1700. The highest BCUT2D eigenvalue weighted by atomic mass is 35.5. The van der Waals surface area contributed by atoms with Crippen molar-refractivity contribution in [2.24, 2.45) is 0 Å². The predicted octanol–water partition coefficient (Wildman–Crippen LogP) is 3.91. The molecule has 3 amide bonds. The smallest absolute Gasteiger partial charge is 0.305 e. The number of benzene rings is 3. The van der Waals surface area contributed by atoms with E-state index in [0.29, 0.717) is 22.7 Å². The monoisotopic (exact) mass is 647 g/mol. The molecule has 0 unspecified atom stereocenters. The van der Waals surface area contributed by atoms with Crippen molar-refractivity contribution in [3.63, 3.8) is 0 Å². The molecule has 0 spiro atoms. The molecule has 1 aromatic heterocycles. The van der Waals surface area contributed by atoms with Crippen molar-refractivity contribution in [3.05, 3.63) is 107 Å². The van der Waals surface area contributed by atoms with Gasteiger partial charge in [0.2, 0.25) is 11.8 Å². The Morgan fingerprint density at radius 1 is 1.07 bits per heavy atom. The van der Waals surface area contributed by atoms with Gasteiger partial charge in [-0.3, -0.25) is 19.2 Å². The number of ether oxygens (including phenoxy) is 1. The van der Waals surface area contributed by atoms with Crippen molar-refractivity contribution in [1.82, 2.24) is 30.8 Å². The molecule has 0 saturated heterocycles. The number of esters is 1. The summed E-state index contributed by atoms with van der Waals surface area (Å²) in [6, 6.07) is 16.7. The predicted molar refractivity (Wildman–Crippen MR) is 169 cm³/mol. The zero-order chi connectivity index (χ0) is 32.9. The second-order valence-electron chi connectivity index (χ2n) is 9.89. The largest absolute Gasteiger partial charge is 0.466 e. The van der Waals surface area contributed by atoms with Gasteiger partial charge in [-0.2, -0.15) is 4.68 Å². The maximum Gasteiger partial charge on any atom is 0.305 e. The molecule has 0 aliphatic rings. The maximum absolute atomic E-state index is 14.9. The fourth-order valence-electron chi connectivity index (χ4n) is 4.35. The number of anilines is 1. The third-order valence-corrected chi connectivity index (χ3v) is 6.78. The first kappa shape index (κ1) is 33.5. The van der Waals surface area contributed by atoms with E-state index in [1.165, 1.54) is 35.3 Å².